The quantitative estimate of drug-likeness (QED) is 0.688. The van der Waals surface area contributed by atoms with Crippen LogP contribution in [0.3, 0.4) is 0 Å². The van der Waals surface area contributed by atoms with Crippen LogP contribution in [0.5, 0.6) is 11.5 Å². The number of benzene rings is 2. The number of methoxy groups -OCH3 is 1. The molecule has 0 aliphatic carbocycles. The zero-order valence-corrected chi connectivity index (χ0v) is 16.1. The van der Waals surface area contributed by atoms with E-state index in [4.69, 9.17) is 26.8 Å². The zero-order valence-electron chi connectivity index (χ0n) is 15.3. The van der Waals surface area contributed by atoms with E-state index in [0.717, 1.165) is 6.42 Å². The minimum atomic E-state index is -0.638. The number of amides is 2. The standard InChI is InChI=1S/C20H23ClN2O4/c1-3-13(14-7-5-4-6-8-14)11-23-20(25)15-9-16(21)19(17(10-15)26-2)27-12-18(22)24/h4-10,13H,3,11-12H2,1-2H3,(H2,22,24)(H,23,25)/t13-/m0/s1. The third kappa shape index (κ3) is 5.62. The van der Waals surface area contributed by atoms with Gasteiger partial charge in [-0.05, 0) is 24.1 Å². The van der Waals surface area contributed by atoms with Crippen molar-refractivity contribution >= 4 is 23.4 Å². The lowest BCUT2D eigenvalue weighted by molar-refractivity contribution is -0.119. The number of hydrogen-bond acceptors (Lipinski definition) is 4. The summed E-state index contributed by atoms with van der Waals surface area (Å²) in [5.74, 6) is -0.271. The molecule has 0 aromatic heterocycles. The van der Waals surface area contributed by atoms with E-state index in [1.165, 1.54) is 24.8 Å². The van der Waals surface area contributed by atoms with Gasteiger partial charge in [-0.25, -0.2) is 0 Å². The van der Waals surface area contributed by atoms with Crippen molar-refractivity contribution in [2.45, 2.75) is 19.3 Å². The van der Waals surface area contributed by atoms with Crippen molar-refractivity contribution in [1.29, 1.82) is 0 Å². The second kappa shape index (κ2) is 9.83. The molecule has 0 fully saturated rings. The average Bonchev–Trinajstić information content (AvgIpc) is 2.67. The molecule has 0 aliphatic heterocycles. The van der Waals surface area contributed by atoms with Gasteiger partial charge in [-0.2, -0.15) is 0 Å². The van der Waals surface area contributed by atoms with Gasteiger partial charge >= 0.3 is 0 Å². The SMILES string of the molecule is CC[C@@H](CNC(=O)c1cc(Cl)c(OCC(N)=O)c(OC)c1)c1ccccc1. The topological polar surface area (TPSA) is 90.6 Å². The van der Waals surface area contributed by atoms with Crippen molar-refractivity contribution in [3.8, 4) is 11.5 Å². The van der Waals surface area contributed by atoms with Crippen LogP contribution < -0.4 is 20.5 Å². The van der Waals surface area contributed by atoms with Gasteiger partial charge in [0.2, 0.25) is 0 Å². The molecule has 0 radical (unpaired) electrons. The molecule has 0 heterocycles. The molecule has 0 saturated carbocycles. The van der Waals surface area contributed by atoms with Crippen LogP contribution in [0.1, 0.15) is 35.2 Å². The fourth-order valence-electron chi connectivity index (χ4n) is 2.68. The summed E-state index contributed by atoms with van der Waals surface area (Å²) in [6.07, 6.45) is 0.897. The maximum absolute atomic E-state index is 12.6. The van der Waals surface area contributed by atoms with Crippen LogP contribution in [0.2, 0.25) is 5.02 Å². The third-order valence-electron chi connectivity index (χ3n) is 4.12. The van der Waals surface area contributed by atoms with E-state index in [2.05, 4.69) is 12.2 Å². The van der Waals surface area contributed by atoms with Gasteiger partial charge in [0.05, 0.1) is 12.1 Å². The minimum absolute atomic E-state index is 0.163. The first-order valence-electron chi connectivity index (χ1n) is 8.58. The third-order valence-corrected chi connectivity index (χ3v) is 4.40. The minimum Gasteiger partial charge on any atom is -0.493 e. The van der Waals surface area contributed by atoms with Crippen molar-refractivity contribution in [1.82, 2.24) is 5.32 Å². The van der Waals surface area contributed by atoms with E-state index >= 15 is 0 Å². The number of hydrogen-bond donors (Lipinski definition) is 2. The first-order valence-corrected chi connectivity index (χ1v) is 8.95. The van der Waals surface area contributed by atoms with Crippen LogP contribution in [0.15, 0.2) is 42.5 Å². The summed E-state index contributed by atoms with van der Waals surface area (Å²) < 4.78 is 10.5. The van der Waals surface area contributed by atoms with Gasteiger partial charge in [-0.3, -0.25) is 9.59 Å². The Hall–Kier alpha value is -2.73. The predicted molar refractivity (Wildman–Crippen MR) is 105 cm³/mol. The molecule has 0 spiro atoms. The Balaban J connectivity index is 2.11. The molecule has 3 N–H and O–H groups in total. The van der Waals surface area contributed by atoms with Gasteiger partial charge in [0.15, 0.2) is 18.1 Å². The molecule has 2 rings (SSSR count). The number of carbonyl (C=O) groups excluding carboxylic acids is 2. The molecule has 0 aliphatic rings. The van der Waals surface area contributed by atoms with Gasteiger partial charge in [0.1, 0.15) is 0 Å². The molecule has 27 heavy (non-hydrogen) atoms. The Morgan fingerprint density at radius 2 is 1.93 bits per heavy atom. The first kappa shape index (κ1) is 20.6. The molecular formula is C20H23ClN2O4. The molecule has 2 aromatic carbocycles. The van der Waals surface area contributed by atoms with Crippen molar-refractivity contribution in [3.63, 3.8) is 0 Å². The number of nitrogens with two attached hydrogens (primary N) is 1. The largest absolute Gasteiger partial charge is 0.493 e. The summed E-state index contributed by atoms with van der Waals surface area (Å²) in [5.41, 5.74) is 6.59. The Labute approximate surface area is 163 Å². The maximum atomic E-state index is 12.6. The van der Waals surface area contributed by atoms with E-state index in [1.807, 2.05) is 30.3 Å². The van der Waals surface area contributed by atoms with Crippen LogP contribution in [0, 0.1) is 0 Å². The lowest BCUT2D eigenvalue weighted by Crippen LogP contribution is -2.28. The molecular weight excluding hydrogens is 368 g/mol. The van der Waals surface area contributed by atoms with Gasteiger partial charge in [0.25, 0.3) is 11.8 Å². The van der Waals surface area contributed by atoms with Crippen LogP contribution in [0.25, 0.3) is 0 Å². The van der Waals surface area contributed by atoms with Gasteiger partial charge in [-0.1, -0.05) is 48.9 Å². The molecule has 0 bridgehead atoms. The van der Waals surface area contributed by atoms with Crippen molar-refractivity contribution in [2.75, 3.05) is 20.3 Å². The molecule has 1 atom stereocenters. The first-order chi connectivity index (χ1) is 13.0. The summed E-state index contributed by atoms with van der Waals surface area (Å²) >= 11 is 6.19. The van der Waals surface area contributed by atoms with Gasteiger partial charge in [-0.15, -0.1) is 0 Å². The predicted octanol–water partition coefficient (Wildman–Crippen LogP) is 3.14. The Morgan fingerprint density at radius 1 is 1.22 bits per heavy atom. The van der Waals surface area contributed by atoms with E-state index in [0.29, 0.717) is 12.1 Å². The second-order valence-electron chi connectivity index (χ2n) is 5.97. The summed E-state index contributed by atoms with van der Waals surface area (Å²) in [7, 11) is 1.42. The van der Waals surface area contributed by atoms with Gasteiger partial charge in [0, 0.05) is 18.0 Å². The summed E-state index contributed by atoms with van der Waals surface area (Å²) in [6.45, 7) is 2.24. The Kier molecular flexibility index (Phi) is 7.49. The molecule has 144 valence electrons. The highest BCUT2D eigenvalue weighted by atomic mass is 35.5. The van der Waals surface area contributed by atoms with Crippen LogP contribution in [-0.2, 0) is 4.79 Å². The van der Waals surface area contributed by atoms with Gasteiger partial charge < -0.3 is 20.5 Å². The summed E-state index contributed by atoms with van der Waals surface area (Å²) in [5, 5.41) is 3.09. The highest BCUT2D eigenvalue weighted by molar-refractivity contribution is 6.32. The molecule has 0 unspecified atom stereocenters. The monoisotopic (exact) mass is 390 g/mol. The van der Waals surface area contributed by atoms with Crippen LogP contribution in [0.4, 0.5) is 0 Å². The number of carbonyl (C=O) groups is 2. The van der Waals surface area contributed by atoms with E-state index in [-0.39, 0.29) is 35.0 Å². The second-order valence-corrected chi connectivity index (χ2v) is 6.38. The van der Waals surface area contributed by atoms with Crippen molar-refractivity contribution in [3.05, 3.63) is 58.6 Å². The van der Waals surface area contributed by atoms with Crippen LogP contribution >= 0.6 is 11.6 Å². The van der Waals surface area contributed by atoms with Crippen molar-refractivity contribution in [2.24, 2.45) is 5.73 Å². The smallest absolute Gasteiger partial charge is 0.255 e. The molecule has 7 heteroatoms. The highest BCUT2D eigenvalue weighted by Crippen LogP contribution is 2.36. The highest BCUT2D eigenvalue weighted by Gasteiger charge is 2.18. The van der Waals surface area contributed by atoms with E-state index < -0.39 is 5.91 Å². The summed E-state index contributed by atoms with van der Waals surface area (Å²) in [6, 6.07) is 13.0. The Bertz CT molecular complexity index is 796. The molecule has 2 amide bonds. The summed E-state index contributed by atoms with van der Waals surface area (Å²) in [4.78, 5) is 23.5. The molecule has 0 saturated heterocycles. The lowest BCUT2D eigenvalue weighted by atomic mass is 9.96. The zero-order chi connectivity index (χ0) is 19.8. The lowest BCUT2D eigenvalue weighted by Gasteiger charge is -2.17. The fourth-order valence-corrected chi connectivity index (χ4v) is 2.94. The maximum Gasteiger partial charge on any atom is 0.255 e. The number of rotatable bonds is 9. The van der Waals surface area contributed by atoms with Crippen LogP contribution in [-0.4, -0.2) is 32.1 Å². The fraction of sp³-hybridized carbons (Fsp3) is 0.300. The number of primary amides is 1. The Morgan fingerprint density at radius 3 is 2.52 bits per heavy atom. The van der Waals surface area contributed by atoms with E-state index in [9.17, 15) is 9.59 Å². The molecule has 2 aromatic rings. The number of nitrogens with one attached hydrogen (secondary N) is 1. The number of ether oxygens (including phenoxy) is 2. The normalized spacial score (nSPS) is 11.5. The number of halogens is 1. The van der Waals surface area contributed by atoms with E-state index in [1.54, 1.807) is 0 Å². The average molecular weight is 391 g/mol. The molecule has 6 nitrogen and oxygen atoms in total. The van der Waals surface area contributed by atoms with Crippen molar-refractivity contribution < 1.29 is 19.1 Å².